The third kappa shape index (κ3) is 11.4. The molecule has 504 valence electrons. The molecule has 108 heavy (non-hydrogen) atoms. The van der Waals surface area contributed by atoms with Gasteiger partial charge in [-0.25, -0.2) is 0 Å². The van der Waals surface area contributed by atoms with E-state index in [0.29, 0.717) is 36.3 Å². The Bertz CT molecular complexity index is 6580. The Morgan fingerprint density at radius 2 is 0.296 bits per heavy atom. The van der Waals surface area contributed by atoms with Crippen LogP contribution >= 0.6 is 0 Å². The fourth-order valence-electron chi connectivity index (χ4n) is 15.7. The standard InChI is InChI=1S/3C17H11N.3C16H10N2/c1-2-7-14-12(6-1)13-8-3-4-9-15(13)17-16(14)10-5-11-18-17;2*1-2-7-14-12(5-1)13-6-3-4-8-15(13)17-11-18-10-9-16(14)17;1-2-6-12-11(5-1)13-7-3-9-17-15(13)16-14(12)8-4-10-18-16;1-2-5-12-11(4-1)13-7-9-17-10-15(13)16-14(12)6-3-8-18-16;1-2-4-12-11(3-1)13-5-7-17-9-15(13)16-10-18-8-6-14(12)16/h3*1-11H;3*1-10H/i3*4D;1D;2D;1D. The molecule has 0 spiro atoms. The highest BCUT2D eigenvalue weighted by atomic mass is 14.7. The van der Waals surface area contributed by atoms with Crippen LogP contribution in [0.25, 0.3) is 194 Å². The quantitative estimate of drug-likeness (QED) is 0.137. The van der Waals surface area contributed by atoms with Crippen LogP contribution in [0.2, 0.25) is 0 Å². The van der Waals surface area contributed by atoms with Gasteiger partial charge in [-0.1, -0.05) is 243 Å². The summed E-state index contributed by atoms with van der Waals surface area (Å²) in [5, 5.41) is 36.5. The summed E-state index contributed by atoms with van der Waals surface area (Å²) in [5.74, 6) is 0. The molecule has 15 aromatic carbocycles. The second kappa shape index (κ2) is 28.2. The highest BCUT2D eigenvalue weighted by Crippen LogP contribution is 2.40. The monoisotopic (exact) mass is 1380 g/mol. The summed E-state index contributed by atoms with van der Waals surface area (Å²) < 4.78 is 47.0. The molecular weight excluding hydrogens is 1320 g/mol. The van der Waals surface area contributed by atoms with Crippen LogP contribution in [-0.2, 0) is 0 Å². The normalized spacial score (nSPS) is 12.1. The van der Waals surface area contributed by atoms with Crippen LogP contribution in [0.15, 0.2) is 384 Å². The van der Waals surface area contributed by atoms with Crippen LogP contribution in [0.1, 0.15) is 8.22 Å². The number of hydrogen-bond donors (Lipinski definition) is 0. The molecule has 0 atom stereocenters. The van der Waals surface area contributed by atoms with E-state index in [2.05, 4.69) is 136 Å². The Balaban J connectivity index is 0.0000000917. The van der Waals surface area contributed by atoms with E-state index in [1.807, 2.05) is 219 Å². The SMILES string of the molecule is [2H]c1ccc2c(c1)c1cccnc1c1cnccc21.[2H]c1ccc2c(c1)c1cccnc1c1ncccc21.[2H]c1ccc2c3ccccc3c3cccnc3c2c1.[2H]c1ccc2c3ccccc3c3ccncc3c2c1.[2H]c1ccc2c3ccccc3c3ccncc3c2c1.[2H]c1ccc2c3ccncc3c3cnccc3c2c1. The van der Waals surface area contributed by atoms with Gasteiger partial charge in [-0.15, -0.1) is 0 Å². The first kappa shape index (κ1) is 57.8. The summed E-state index contributed by atoms with van der Waals surface area (Å²) in [4.78, 5) is 39.1. The third-order valence-electron chi connectivity index (χ3n) is 20.4. The summed E-state index contributed by atoms with van der Waals surface area (Å²) in [6, 6.07) is 89.0. The van der Waals surface area contributed by atoms with E-state index in [1.54, 1.807) is 37.2 Å². The number of hydrogen-bond acceptors (Lipinski definition) is 9. The van der Waals surface area contributed by atoms with Gasteiger partial charge in [-0.3, -0.25) is 44.9 Å². The molecule has 0 amide bonds. The van der Waals surface area contributed by atoms with Crippen molar-refractivity contribution in [3.8, 4) is 0 Å². The molecular formula is C99H63N9. The van der Waals surface area contributed by atoms with Crippen LogP contribution in [-0.4, -0.2) is 44.9 Å². The molecule has 9 heterocycles. The van der Waals surface area contributed by atoms with Gasteiger partial charge in [-0.05, 0) is 173 Å². The first-order valence-corrected chi connectivity index (χ1v) is 35.5. The van der Waals surface area contributed by atoms with Crippen molar-refractivity contribution in [2.24, 2.45) is 0 Å². The summed E-state index contributed by atoms with van der Waals surface area (Å²) in [5.41, 5.74) is 3.74. The van der Waals surface area contributed by atoms with Gasteiger partial charge in [-0.2, -0.15) is 0 Å². The highest BCUT2D eigenvalue weighted by Gasteiger charge is 2.14. The van der Waals surface area contributed by atoms with Crippen LogP contribution in [0.5, 0.6) is 0 Å². The largest absolute Gasteiger partial charge is 0.264 e. The average molecular weight is 1380 g/mol. The number of rotatable bonds is 0. The summed E-state index contributed by atoms with van der Waals surface area (Å²) in [7, 11) is 0. The maximum atomic E-state index is 7.84. The molecule has 0 saturated carbocycles. The van der Waals surface area contributed by atoms with Gasteiger partial charge in [0.05, 0.1) is 30.3 Å². The predicted molar refractivity (Wildman–Crippen MR) is 454 cm³/mol. The number of aromatic nitrogens is 9. The molecule has 9 heteroatoms. The predicted octanol–water partition coefficient (Wildman–Crippen LogP) is 25.4. The fraction of sp³-hybridized carbons (Fsp3) is 0. The zero-order valence-electron chi connectivity index (χ0n) is 63.9. The minimum atomic E-state index is 0.515. The van der Waals surface area contributed by atoms with E-state index >= 15 is 0 Å². The molecule has 24 rings (SSSR count). The van der Waals surface area contributed by atoms with Gasteiger partial charge in [0.2, 0.25) is 0 Å². The van der Waals surface area contributed by atoms with E-state index in [0.717, 1.165) is 141 Å². The van der Waals surface area contributed by atoms with Crippen LogP contribution in [0, 0.1) is 0 Å². The minimum absolute atomic E-state index is 0.515. The molecule has 9 aromatic heterocycles. The molecule has 0 aliphatic heterocycles. The smallest absolute Gasteiger partial charge is 0.0970 e. The maximum absolute atomic E-state index is 7.84. The molecule has 24 aromatic rings. The molecule has 9 nitrogen and oxygen atoms in total. The molecule has 0 aliphatic carbocycles. The van der Waals surface area contributed by atoms with Crippen LogP contribution in [0.3, 0.4) is 0 Å². The van der Waals surface area contributed by atoms with Gasteiger partial charge in [0.1, 0.15) is 0 Å². The van der Waals surface area contributed by atoms with E-state index in [1.165, 1.54) is 53.9 Å². The van der Waals surface area contributed by atoms with Crippen molar-refractivity contribution < 1.29 is 8.22 Å². The third-order valence-corrected chi connectivity index (χ3v) is 20.4. The first-order chi connectivity index (χ1) is 56.1. The second-order valence-corrected chi connectivity index (χ2v) is 26.2. The van der Waals surface area contributed by atoms with Crippen molar-refractivity contribution in [2.75, 3.05) is 0 Å². The van der Waals surface area contributed by atoms with E-state index < -0.39 is 0 Å². The van der Waals surface area contributed by atoms with Crippen LogP contribution in [0.4, 0.5) is 0 Å². The van der Waals surface area contributed by atoms with Gasteiger partial charge in [0.25, 0.3) is 0 Å². The number of benzene rings is 15. The molecule has 0 unspecified atom stereocenters. The Labute approximate surface area is 627 Å². The maximum Gasteiger partial charge on any atom is 0.0970 e. The zero-order valence-corrected chi connectivity index (χ0v) is 57.9. The van der Waals surface area contributed by atoms with Gasteiger partial charge in [0, 0.05) is 141 Å². The van der Waals surface area contributed by atoms with Crippen LogP contribution < -0.4 is 0 Å². The van der Waals surface area contributed by atoms with Gasteiger partial charge >= 0.3 is 0 Å². The highest BCUT2D eigenvalue weighted by molar-refractivity contribution is 6.29. The Kier molecular flexibility index (Phi) is 15.1. The lowest BCUT2D eigenvalue weighted by atomic mass is 9.96. The summed E-state index contributed by atoms with van der Waals surface area (Å²) >= 11 is 0. The lowest BCUT2D eigenvalue weighted by molar-refractivity contribution is 1.35. The van der Waals surface area contributed by atoms with Gasteiger partial charge < -0.3 is 0 Å². The van der Waals surface area contributed by atoms with E-state index in [4.69, 9.17) is 8.22 Å². The van der Waals surface area contributed by atoms with E-state index in [-0.39, 0.29) is 0 Å². The zero-order chi connectivity index (χ0) is 76.9. The first-order valence-electron chi connectivity index (χ1n) is 38.5. The molecule has 0 radical (unpaired) electrons. The second-order valence-electron chi connectivity index (χ2n) is 26.2. The van der Waals surface area contributed by atoms with Crippen molar-refractivity contribution in [1.82, 2.24) is 44.9 Å². The number of nitrogens with zero attached hydrogens (tertiary/aromatic N) is 9. The summed E-state index contributed by atoms with van der Waals surface area (Å²) in [6.07, 6.45) is 25.6. The minimum Gasteiger partial charge on any atom is -0.264 e. The van der Waals surface area contributed by atoms with Crippen molar-refractivity contribution in [3.05, 3.63) is 384 Å². The molecule has 0 fully saturated rings. The molecule has 0 aliphatic rings. The van der Waals surface area contributed by atoms with Crippen molar-refractivity contribution >= 4 is 194 Å². The Morgan fingerprint density at radius 3 is 0.602 bits per heavy atom. The van der Waals surface area contributed by atoms with Crippen molar-refractivity contribution in [1.29, 1.82) is 0 Å². The summed E-state index contributed by atoms with van der Waals surface area (Å²) in [6.45, 7) is 0. The van der Waals surface area contributed by atoms with E-state index in [9.17, 15) is 0 Å². The lowest BCUT2D eigenvalue weighted by Gasteiger charge is -2.09. The molecule has 0 N–H and O–H groups in total. The lowest BCUT2D eigenvalue weighted by Crippen LogP contribution is -1.87. The van der Waals surface area contributed by atoms with Crippen molar-refractivity contribution in [2.45, 2.75) is 0 Å². The van der Waals surface area contributed by atoms with Gasteiger partial charge in [0.15, 0.2) is 0 Å². The fourth-order valence-corrected chi connectivity index (χ4v) is 15.7. The molecule has 0 saturated heterocycles. The number of fused-ring (bicyclic) bond motifs is 36. The topological polar surface area (TPSA) is 116 Å². The Hall–Kier alpha value is -14.7. The Morgan fingerprint density at radius 1 is 0.130 bits per heavy atom. The number of pyridine rings is 9. The molecule has 0 bridgehead atoms. The average Bonchev–Trinajstić information content (AvgIpc) is 0.784. The van der Waals surface area contributed by atoms with Crippen molar-refractivity contribution in [3.63, 3.8) is 0 Å².